The van der Waals surface area contributed by atoms with Crippen LogP contribution in [0.1, 0.15) is 49.9 Å². The molecule has 6 heteroatoms. The SMILES string of the molecule is CC(C)Nc1ccc(C(=O)N2CCC(CN3CCCC3=O)CC2)cn1. The van der Waals surface area contributed by atoms with Gasteiger partial charge in [-0.15, -0.1) is 0 Å². The van der Waals surface area contributed by atoms with E-state index in [2.05, 4.69) is 24.1 Å². The van der Waals surface area contributed by atoms with Crippen LogP contribution in [0, 0.1) is 5.92 Å². The van der Waals surface area contributed by atoms with Gasteiger partial charge in [0.25, 0.3) is 5.91 Å². The number of likely N-dealkylation sites (tertiary alicyclic amines) is 2. The number of carbonyl (C=O) groups excluding carboxylic acids is 2. The Labute approximate surface area is 149 Å². The Hall–Kier alpha value is -2.11. The zero-order valence-corrected chi connectivity index (χ0v) is 15.2. The molecule has 0 spiro atoms. The first kappa shape index (κ1) is 17.7. The van der Waals surface area contributed by atoms with Gasteiger partial charge in [-0.3, -0.25) is 9.59 Å². The summed E-state index contributed by atoms with van der Waals surface area (Å²) in [4.78, 5) is 32.6. The monoisotopic (exact) mass is 344 g/mol. The average molecular weight is 344 g/mol. The minimum atomic E-state index is 0.0549. The van der Waals surface area contributed by atoms with Gasteiger partial charge in [-0.2, -0.15) is 0 Å². The molecule has 0 unspecified atom stereocenters. The summed E-state index contributed by atoms with van der Waals surface area (Å²) in [5.74, 6) is 1.65. The van der Waals surface area contributed by atoms with E-state index >= 15 is 0 Å². The third-order valence-corrected chi connectivity index (χ3v) is 5.00. The molecule has 25 heavy (non-hydrogen) atoms. The summed E-state index contributed by atoms with van der Waals surface area (Å²) in [6.45, 7) is 7.40. The van der Waals surface area contributed by atoms with E-state index in [0.717, 1.165) is 51.3 Å². The second kappa shape index (κ2) is 7.85. The second-order valence-corrected chi connectivity index (χ2v) is 7.41. The quantitative estimate of drug-likeness (QED) is 0.891. The van der Waals surface area contributed by atoms with Gasteiger partial charge in [-0.1, -0.05) is 0 Å². The highest BCUT2D eigenvalue weighted by atomic mass is 16.2. The minimum Gasteiger partial charge on any atom is -0.368 e. The number of piperidine rings is 1. The molecule has 3 rings (SSSR count). The molecule has 2 aliphatic heterocycles. The number of hydrogen-bond acceptors (Lipinski definition) is 4. The third kappa shape index (κ3) is 4.50. The number of anilines is 1. The number of aromatic nitrogens is 1. The molecular formula is C19H28N4O2. The summed E-state index contributed by atoms with van der Waals surface area (Å²) >= 11 is 0. The average Bonchev–Trinajstić information content (AvgIpc) is 3.00. The van der Waals surface area contributed by atoms with Gasteiger partial charge in [0.15, 0.2) is 0 Å². The number of carbonyl (C=O) groups is 2. The molecule has 0 aromatic carbocycles. The maximum atomic E-state index is 12.6. The summed E-state index contributed by atoms with van der Waals surface area (Å²) in [5, 5.41) is 3.23. The lowest BCUT2D eigenvalue weighted by molar-refractivity contribution is -0.128. The van der Waals surface area contributed by atoms with Crippen LogP contribution < -0.4 is 5.32 Å². The first-order valence-corrected chi connectivity index (χ1v) is 9.32. The van der Waals surface area contributed by atoms with Crippen molar-refractivity contribution in [2.45, 2.75) is 45.6 Å². The fraction of sp³-hybridized carbons (Fsp3) is 0.632. The Morgan fingerprint density at radius 3 is 2.60 bits per heavy atom. The fourth-order valence-corrected chi connectivity index (χ4v) is 3.61. The smallest absolute Gasteiger partial charge is 0.255 e. The van der Waals surface area contributed by atoms with E-state index < -0.39 is 0 Å². The lowest BCUT2D eigenvalue weighted by atomic mass is 9.96. The van der Waals surface area contributed by atoms with Crippen molar-refractivity contribution < 1.29 is 9.59 Å². The fourth-order valence-electron chi connectivity index (χ4n) is 3.61. The van der Waals surface area contributed by atoms with E-state index in [1.807, 2.05) is 21.9 Å². The molecule has 0 saturated carbocycles. The second-order valence-electron chi connectivity index (χ2n) is 7.41. The first-order chi connectivity index (χ1) is 12.0. The van der Waals surface area contributed by atoms with Crippen LogP contribution in [0.2, 0.25) is 0 Å². The van der Waals surface area contributed by atoms with Gasteiger partial charge in [0, 0.05) is 44.8 Å². The molecule has 1 N–H and O–H groups in total. The predicted molar refractivity (Wildman–Crippen MR) is 97.4 cm³/mol. The van der Waals surface area contributed by atoms with Gasteiger partial charge in [0.2, 0.25) is 5.91 Å². The highest BCUT2D eigenvalue weighted by molar-refractivity contribution is 5.94. The van der Waals surface area contributed by atoms with E-state index in [-0.39, 0.29) is 5.91 Å². The van der Waals surface area contributed by atoms with Crippen molar-refractivity contribution in [3.8, 4) is 0 Å². The summed E-state index contributed by atoms with van der Waals surface area (Å²) in [6.07, 6.45) is 5.28. The van der Waals surface area contributed by atoms with Crippen molar-refractivity contribution in [1.29, 1.82) is 0 Å². The lowest BCUT2D eigenvalue weighted by Gasteiger charge is -2.34. The van der Waals surface area contributed by atoms with Crippen molar-refractivity contribution in [3.05, 3.63) is 23.9 Å². The Balaban J connectivity index is 1.50. The van der Waals surface area contributed by atoms with Gasteiger partial charge in [-0.25, -0.2) is 4.98 Å². The van der Waals surface area contributed by atoms with Gasteiger partial charge in [-0.05, 0) is 51.2 Å². The van der Waals surface area contributed by atoms with Crippen LogP contribution in [0.3, 0.4) is 0 Å². The standard InChI is InChI=1S/C19H28N4O2/c1-14(2)21-17-6-5-16(12-20-17)19(25)22-10-7-15(8-11-22)13-23-9-3-4-18(23)24/h5-6,12,14-15H,3-4,7-11,13H2,1-2H3,(H,20,21). The summed E-state index contributed by atoms with van der Waals surface area (Å²) in [6, 6.07) is 4.02. The van der Waals surface area contributed by atoms with Crippen LogP contribution in [-0.2, 0) is 4.79 Å². The molecule has 0 aliphatic carbocycles. The van der Waals surface area contributed by atoms with Crippen LogP contribution in [-0.4, -0.2) is 58.8 Å². The molecule has 2 saturated heterocycles. The van der Waals surface area contributed by atoms with E-state index in [1.165, 1.54) is 0 Å². The highest BCUT2D eigenvalue weighted by Gasteiger charge is 2.28. The molecule has 0 radical (unpaired) electrons. The normalized spacial score (nSPS) is 18.9. The van der Waals surface area contributed by atoms with Crippen LogP contribution in [0.5, 0.6) is 0 Å². The predicted octanol–water partition coefficient (Wildman–Crippen LogP) is 2.38. The van der Waals surface area contributed by atoms with E-state index in [9.17, 15) is 9.59 Å². The Morgan fingerprint density at radius 1 is 1.28 bits per heavy atom. The van der Waals surface area contributed by atoms with E-state index in [1.54, 1.807) is 6.20 Å². The molecule has 6 nitrogen and oxygen atoms in total. The maximum absolute atomic E-state index is 12.6. The Bertz CT molecular complexity index is 606. The zero-order chi connectivity index (χ0) is 17.8. The van der Waals surface area contributed by atoms with Crippen molar-refractivity contribution in [3.63, 3.8) is 0 Å². The largest absolute Gasteiger partial charge is 0.368 e. The van der Waals surface area contributed by atoms with Crippen molar-refractivity contribution >= 4 is 17.6 Å². The molecule has 136 valence electrons. The molecule has 0 bridgehead atoms. The van der Waals surface area contributed by atoms with Crippen LogP contribution >= 0.6 is 0 Å². The van der Waals surface area contributed by atoms with Gasteiger partial charge in [0.1, 0.15) is 5.82 Å². The molecule has 1 aromatic rings. The third-order valence-electron chi connectivity index (χ3n) is 5.00. The van der Waals surface area contributed by atoms with Crippen LogP contribution in [0.15, 0.2) is 18.3 Å². The highest BCUT2D eigenvalue weighted by Crippen LogP contribution is 2.22. The molecule has 1 aromatic heterocycles. The Kier molecular flexibility index (Phi) is 5.56. The number of amides is 2. The van der Waals surface area contributed by atoms with Gasteiger partial charge < -0.3 is 15.1 Å². The summed E-state index contributed by atoms with van der Waals surface area (Å²) in [5.41, 5.74) is 0.641. The van der Waals surface area contributed by atoms with Gasteiger partial charge >= 0.3 is 0 Å². The Morgan fingerprint density at radius 2 is 2.04 bits per heavy atom. The van der Waals surface area contributed by atoms with Crippen LogP contribution in [0.4, 0.5) is 5.82 Å². The molecule has 2 fully saturated rings. The number of rotatable bonds is 5. The van der Waals surface area contributed by atoms with Crippen molar-refractivity contribution in [2.24, 2.45) is 5.92 Å². The number of hydrogen-bond donors (Lipinski definition) is 1. The van der Waals surface area contributed by atoms with Crippen LogP contribution in [0.25, 0.3) is 0 Å². The molecular weight excluding hydrogens is 316 g/mol. The number of nitrogens with zero attached hydrogens (tertiary/aromatic N) is 3. The minimum absolute atomic E-state index is 0.0549. The first-order valence-electron chi connectivity index (χ1n) is 9.32. The molecule has 3 heterocycles. The lowest BCUT2D eigenvalue weighted by Crippen LogP contribution is -2.41. The molecule has 0 atom stereocenters. The van der Waals surface area contributed by atoms with Crippen molar-refractivity contribution in [2.75, 3.05) is 31.5 Å². The summed E-state index contributed by atoms with van der Waals surface area (Å²) in [7, 11) is 0. The van der Waals surface area contributed by atoms with Crippen molar-refractivity contribution in [1.82, 2.24) is 14.8 Å². The van der Waals surface area contributed by atoms with Gasteiger partial charge in [0.05, 0.1) is 5.56 Å². The molecule has 2 amide bonds. The number of pyridine rings is 1. The summed E-state index contributed by atoms with van der Waals surface area (Å²) < 4.78 is 0. The van der Waals surface area contributed by atoms with E-state index in [4.69, 9.17) is 0 Å². The number of nitrogens with one attached hydrogen (secondary N) is 1. The molecule has 2 aliphatic rings. The zero-order valence-electron chi connectivity index (χ0n) is 15.2. The van der Waals surface area contributed by atoms with E-state index in [0.29, 0.717) is 29.9 Å². The topological polar surface area (TPSA) is 65.5 Å². The maximum Gasteiger partial charge on any atom is 0.255 e.